The van der Waals surface area contributed by atoms with E-state index in [0.717, 1.165) is 5.76 Å². The molecule has 20 heavy (non-hydrogen) atoms. The van der Waals surface area contributed by atoms with Gasteiger partial charge in [-0.2, -0.15) is 5.10 Å². The molecular formula is C14H20N4O2. The molecule has 0 unspecified atom stereocenters. The van der Waals surface area contributed by atoms with Crippen molar-refractivity contribution in [2.45, 2.75) is 33.0 Å². The minimum Gasteiger partial charge on any atom is -0.467 e. The summed E-state index contributed by atoms with van der Waals surface area (Å²) in [5.41, 5.74) is 0. The lowest BCUT2D eigenvalue weighted by molar-refractivity contribution is 0.189. The summed E-state index contributed by atoms with van der Waals surface area (Å²) < 4.78 is 7.07. The summed E-state index contributed by atoms with van der Waals surface area (Å²) in [4.78, 5) is 13.9. The molecule has 0 saturated carbocycles. The van der Waals surface area contributed by atoms with Gasteiger partial charge in [-0.05, 0) is 32.0 Å². The van der Waals surface area contributed by atoms with Crippen LogP contribution >= 0.6 is 0 Å². The summed E-state index contributed by atoms with van der Waals surface area (Å²) in [5.74, 6) is 0.779. The number of carbonyl (C=O) groups is 1. The molecule has 0 aliphatic heterocycles. The van der Waals surface area contributed by atoms with Gasteiger partial charge in [0.1, 0.15) is 5.76 Å². The molecule has 1 atom stereocenters. The molecule has 0 spiro atoms. The van der Waals surface area contributed by atoms with Crippen molar-refractivity contribution in [3.8, 4) is 0 Å². The lowest BCUT2D eigenvalue weighted by atomic mass is 10.3. The lowest BCUT2D eigenvalue weighted by Crippen LogP contribution is -2.44. The molecule has 2 aromatic heterocycles. The monoisotopic (exact) mass is 276 g/mol. The SMILES string of the molecule is CCN(Cc1ccco1)C(=O)N[C@H](C)Cn1cccn1. The molecule has 1 N–H and O–H groups in total. The molecule has 2 aromatic rings. The second kappa shape index (κ2) is 6.79. The van der Waals surface area contributed by atoms with Crippen LogP contribution in [-0.2, 0) is 13.1 Å². The normalized spacial score (nSPS) is 12.1. The first-order chi connectivity index (χ1) is 9.69. The van der Waals surface area contributed by atoms with Gasteiger partial charge in [-0.3, -0.25) is 4.68 Å². The van der Waals surface area contributed by atoms with Crippen molar-refractivity contribution in [3.63, 3.8) is 0 Å². The summed E-state index contributed by atoms with van der Waals surface area (Å²) in [7, 11) is 0. The Kier molecular flexibility index (Phi) is 4.81. The van der Waals surface area contributed by atoms with E-state index in [-0.39, 0.29) is 12.1 Å². The molecule has 0 fully saturated rings. The zero-order valence-electron chi connectivity index (χ0n) is 11.8. The topological polar surface area (TPSA) is 63.3 Å². The van der Waals surface area contributed by atoms with E-state index < -0.39 is 0 Å². The van der Waals surface area contributed by atoms with E-state index in [4.69, 9.17) is 4.42 Å². The van der Waals surface area contributed by atoms with E-state index in [0.29, 0.717) is 19.6 Å². The van der Waals surface area contributed by atoms with Crippen LogP contribution in [-0.4, -0.2) is 33.3 Å². The van der Waals surface area contributed by atoms with Gasteiger partial charge in [0, 0.05) is 25.0 Å². The van der Waals surface area contributed by atoms with E-state index in [1.54, 1.807) is 22.0 Å². The standard InChI is InChI=1S/C14H20N4O2/c1-3-17(11-13-6-4-9-20-13)14(19)16-12(2)10-18-8-5-7-15-18/h4-9,12H,3,10-11H2,1-2H3,(H,16,19)/t12-/m1/s1. The van der Waals surface area contributed by atoms with Crippen molar-refractivity contribution in [1.82, 2.24) is 20.0 Å². The van der Waals surface area contributed by atoms with Gasteiger partial charge in [0.25, 0.3) is 0 Å². The predicted molar refractivity (Wildman–Crippen MR) is 75.0 cm³/mol. The fourth-order valence-electron chi connectivity index (χ4n) is 1.95. The third kappa shape index (κ3) is 3.88. The van der Waals surface area contributed by atoms with Crippen LogP contribution in [0.3, 0.4) is 0 Å². The van der Waals surface area contributed by atoms with Crippen molar-refractivity contribution in [1.29, 1.82) is 0 Å². The van der Waals surface area contributed by atoms with E-state index in [9.17, 15) is 4.79 Å². The molecule has 0 aliphatic rings. The number of nitrogens with one attached hydrogen (secondary N) is 1. The average molecular weight is 276 g/mol. The summed E-state index contributed by atoms with van der Waals surface area (Å²) in [6, 6.07) is 5.46. The molecule has 0 saturated heterocycles. The first-order valence-corrected chi connectivity index (χ1v) is 6.74. The van der Waals surface area contributed by atoms with E-state index >= 15 is 0 Å². The second-order valence-electron chi connectivity index (χ2n) is 4.67. The zero-order chi connectivity index (χ0) is 14.4. The quantitative estimate of drug-likeness (QED) is 0.878. The highest BCUT2D eigenvalue weighted by Gasteiger charge is 2.15. The summed E-state index contributed by atoms with van der Waals surface area (Å²) in [6.07, 6.45) is 5.22. The molecule has 0 radical (unpaired) electrons. The molecule has 2 amide bonds. The summed E-state index contributed by atoms with van der Waals surface area (Å²) >= 11 is 0. The largest absolute Gasteiger partial charge is 0.467 e. The van der Waals surface area contributed by atoms with Crippen LogP contribution < -0.4 is 5.32 Å². The number of nitrogens with zero attached hydrogens (tertiary/aromatic N) is 3. The van der Waals surface area contributed by atoms with Gasteiger partial charge in [0.2, 0.25) is 0 Å². The second-order valence-corrected chi connectivity index (χ2v) is 4.67. The average Bonchev–Trinajstić information content (AvgIpc) is 3.08. The van der Waals surface area contributed by atoms with Crippen molar-refractivity contribution < 1.29 is 9.21 Å². The molecule has 108 valence electrons. The molecule has 0 aromatic carbocycles. The number of hydrogen-bond acceptors (Lipinski definition) is 3. The highest BCUT2D eigenvalue weighted by molar-refractivity contribution is 5.74. The van der Waals surface area contributed by atoms with Crippen LogP contribution in [0.4, 0.5) is 4.79 Å². The van der Waals surface area contributed by atoms with Gasteiger partial charge in [-0.15, -0.1) is 0 Å². The third-order valence-corrected chi connectivity index (χ3v) is 2.99. The minimum atomic E-state index is -0.0939. The van der Waals surface area contributed by atoms with Crippen molar-refractivity contribution >= 4 is 6.03 Å². The molecule has 2 heterocycles. The molecule has 0 bridgehead atoms. The predicted octanol–water partition coefficient (Wildman–Crippen LogP) is 2.10. The Morgan fingerprint density at radius 2 is 2.40 bits per heavy atom. The fourth-order valence-corrected chi connectivity index (χ4v) is 1.95. The zero-order valence-corrected chi connectivity index (χ0v) is 11.8. The van der Waals surface area contributed by atoms with Gasteiger partial charge in [0.15, 0.2) is 0 Å². The maximum atomic E-state index is 12.2. The number of amides is 2. The van der Waals surface area contributed by atoms with E-state index in [1.807, 2.05) is 38.2 Å². The Bertz CT molecular complexity index is 507. The minimum absolute atomic E-state index is 0.00745. The van der Waals surface area contributed by atoms with Crippen molar-refractivity contribution in [2.75, 3.05) is 6.54 Å². The third-order valence-electron chi connectivity index (χ3n) is 2.99. The fraction of sp³-hybridized carbons (Fsp3) is 0.429. The number of rotatable bonds is 6. The Labute approximate surface area is 118 Å². The van der Waals surface area contributed by atoms with Crippen LogP contribution in [0.5, 0.6) is 0 Å². The van der Waals surface area contributed by atoms with Crippen LogP contribution in [0.1, 0.15) is 19.6 Å². The lowest BCUT2D eigenvalue weighted by Gasteiger charge is -2.23. The number of hydrogen-bond donors (Lipinski definition) is 1. The Morgan fingerprint density at radius 1 is 1.55 bits per heavy atom. The smallest absolute Gasteiger partial charge is 0.318 e. The molecular weight excluding hydrogens is 256 g/mol. The van der Waals surface area contributed by atoms with Gasteiger partial charge in [-0.1, -0.05) is 0 Å². The van der Waals surface area contributed by atoms with E-state index in [1.165, 1.54) is 0 Å². The Morgan fingerprint density at radius 3 is 3.00 bits per heavy atom. The van der Waals surface area contributed by atoms with Crippen molar-refractivity contribution in [3.05, 3.63) is 42.6 Å². The van der Waals surface area contributed by atoms with Gasteiger partial charge >= 0.3 is 6.03 Å². The first-order valence-electron chi connectivity index (χ1n) is 6.74. The van der Waals surface area contributed by atoms with Gasteiger partial charge in [-0.25, -0.2) is 4.79 Å². The molecule has 0 aliphatic carbocycles. The number of furan rings is 1. The van der Waals surface area contributed by atoms with Crippen LogP contribution in [0.15, 0.2) is 41.3 Å². The summed E-state index contributed by atoms with van der Waals surface area (Å²) in [5, 5.41) is 7.09. The number of carbonyl (C=O) groups excluding carboxylic acids is 1. The van der Waals surface area contributed by atoms with Crippen LogP contribution in [0.2, 0.25) is 0 Å². The Balaban J connectivity index is 1.85. The maximum absolute atomic E-state index is 12.2. The molecule has 6 nitrogen and oxygen atoms in total. The maximum Gasteiger partial charge on any atom is 0.318 e. The van der Waals surface area contributed by atoms with Crippen LogP contribution in [0.25, 0.3) is 0 Å². The Hall–Kier alpha value is -2.24. The van der Waals surface area contributed by atoms with Gasteiger partial charge < -0.3 is 14.6 Å². The van der Waals surface area contributed by atoms with E-state index in [2.05, 4.69) is 10.4 Å². The molecule has 2 rings (SSSR count). The first kappa shape index (κ1) is 14.2. The van der Waals surface area contributed by atoms with Crippen molar-refractivity contribution in [2.24, 2.45) is 0 Å². The highest BCUT2D eigenvalue weighted by atomic mass is 16.3. The molecule has 6 heteroatoms. The number of urea groups is 1. The highest BCUT2D eigenvalue weighted by Crippen LogP contribution is 2.05. The van der Waals surface area contributed by atoms with Crippen LogP contribution in [0, 0.1) is 0 Å². The summed E-state index contributed by atoms with van der Waals surface area (Å²) in [6.45, 7) is 5.66. The number of aromatic nitrogens is 2. The van der Waals surface area contributed by atoms with Gasteiger partial charge in [0.05, 0.1) is 19.4 Å².